The fourth-order valence-corrected chi connectivity index (χ4v) is 2.79. The lowest BCUT2D eigenvalue weighted by Gasteiger charge is -2.31. The van der Waals surface area contributed by atoms with Crippen LogP contribution in [0.5, 0.6) is 5.75 Å². The van der Waals surface area contributed by atoms with Crippen molar-refractivity contribution in [3.63, 3.8) is 0 Å². The average Bonchev–Trinajstić information content (AvgIpc) is 3.37. The van der Waals surface area contributed by atoms with Crippen molar-refractivity contribution >= 4 is 11.9 Å². The topological polar surface area (TPSA) is 66.8 Å². The Morgan fingerprint density at radius 1 is 1.23 bits per heavy atom. The van der Waals surface area contributed by atoms with Gasteiger partial charge >= 0.3 is 5.97 Å². The maximum absolute atomic E-state index is 12.7. The van der Waals surface area contributed by atoms with Gasteiger partial charge in [-0.2, -0.15) is 0 Å². The Balaban J connectivity index is 1.71. The molecule has 1 aliphatic heterocycles. The lowest BCUT2D eigenvalue weighted by atomic mass is 9.97. The number of amides is 1. The van der Waals surface area contributed by atoms with Crippen molar-refractivity contribution in [1.29, 1.82) is 0 Å². The molecule has 2 fully saturated rings. The molecule has 1 heterocycles. The van der Waals surface area contributed by atoms with Gasteiger partial charge in [-0.05, 0) is 43.7 Å². The number of carboxylic acid groups (broad SMARTS) is 1. The van der Waals surface area contributed by atoms with Crippen LogP contribution in [0.4, 0.5) is 0 Å². The Labute approximate surface area is 129 Å². The number of nitrogens with zero attached hydrogens (tertiary/aromatic N) is 1. The first kappa shape index (κ1) is 14.9. The predicted octanol–water partition coefficient (Wildman–Crippen LogP) is 2.41. The van der Waals surface area contributed by atoms with E-state index in [2.05, 4.69) is 0 Å². The van der Waals surface area contributed by atoms with Crippen LogP contribution in [0.3, 0.4) is 0 Å². The van der Waals surface area contributed by atoms with E-state index in [4.69, 9.17) is 9.84 Å². The molecule has 1 N–H and O–H groups in total. The molecule has 1 saturated heterocycles. The van der Waals surface area contributed by atoms with Gasteiger partial charge in [-0.3, -0.25) is 9.59 Å². The van der Waals surface area contributed by atoms with Crippen LogP contribution in [0.2, 0.25) is 0 Å². The summed E-state index contributed by atoms with van der Waals surface area (Å²) in [7, 11) is 0. The molecule has 3 rings (SSSR count). The Morgan fingerprint density at radius 2 is 2.00 bits per heavy atom. The number of hydrogen-bond donors (Lipinski definition) is 1. The summed E-state index contributed by atoms with van der Waals surface area (Å²) in [6.07, 6.45) is 3.76. The number of aliphatic carboxylic acids is 1. The Kier molecular flexibility index (Phi) is 4.32. The third-order valence-corrected chi connectivity index (χ3v) is 4.35. The highest BCUT2D eigenvalue weighted by atomic mass is 16.5. The summed E-state index contributed by atoms with van der Waals surface area (Å²) in [6.45, 7) is 1.55. The molecule has 5 heteroatoms. The summed E-state index contributed by atoms with van der Waals surface area (Å²) < 4.78 is 5.78. The molecule has 0 spiro atoms. The highest BCUT2D eigenvalue weighted by molar-refractivity contribution is 5.97. The summed E-state index contributed by atoms with van der Waals surface area (Å²) >= 11 is 0. The largest absolute Gasteiger partial charge is 0.492 e. The molecule has 0 aromatic heterocycles. The average molecular weight is 303 g/mol. The van der Waals surface area contributed by atoms with Gasteiger partial charge < -0.3 is 14.7 Å². The maximum Gasteiger partial charge on any atom is 0.308 e. The van der Waals surface area contributed by atoms with Gasteiger partial charge in [0.2, 0.25) is 0 Å². The number of hydrogen-bond acceptors (Lipinski definition) is 3. The fraction of sp³-hybridized carbons (Fsp3) is 0.529. The van der Waals surface area contributed by atoms with E-state index in [1.54, 1.807) is 11.0 Å². The molecule has 0 unspecified atom stereocenters. The Bertz CT molecular complexity index is 568. The van der Waals surface area contributed by atoms with Crippen molar-refractivity contribution in [2.75, 3.05) is 19.7 Å². The van der Waals surface area contributed by atoms with Crippen LogP contribution in [0.25, 0.3) is 0 Å². The number of carboxylic acids is 1. The molecule has 0 bridgehead atoms. The van der Waals surface area contributed by atoms with E-state index in [9.17, 15) is 9.59 Å². The van der Waals surface area contributed by atoms with Gasteiger partial charge in [-0.15, -0.1) is 0 Å². The molecular weight excluding hydrogens is 282 g/mol. The molecule has 1 aliphatic carbocycles. The zero-order valence-corrected chi connectivity index (χ0v) is 12.5. The minimum absolute atomic E-state index is 0.127. The smallest absolute Gasteiger partial charge is 0.308 e. The molecule has 118 valence electrons. The van der Waals surface area contributed by atoms with Gasteiger partial charge in [0.1, 0.15) is 5.75 Å². The van der Waals surface area contributed by atoms with Gasteiger partial charge in [0.25, 0.3) is 5.91 Å². The molecule has 1 aromatic rings. The first-order valence-electron chi connectivity index (χ1n) is 7.89. The van der Waals surface area contributed by atoms with E-state index in [0.29, 0.717) is 36.8 Å². The van der Waals surface area contributed by atoms with E-state index in [1.807, 2.05) is 18.2 Å². The van der Waals surface area contributed by atoms with E-state index < -0.39 is 11.9 Å². The second-order valence-electron chi connectivity index (χ2n) is 6.18. The number of likely N-dealkylation sites (tertiary alicyclic amines) is 1. The molecule has 5 nitrogen and oxygen atoms in total. The second kappa shape index (κ2) is 6.38. The van der Waals surface area contributed by atoms with Gasteiger partial charge in [0, 0.05) is 13.1 Å². The highest BCUT2D eigenvalue weighted by Crippen LogP contribution is 2.31. The Morgan fingerprint density at radius 3 is 2.73 bits per heavy atom. The van der Waals surface area contributed by atoms with E-state index in [0.717, 1.165) is 6.42 Å². The fourth-order valence-electron chi connectivity index (χ4n) is 2.79. The second-order valence-corrected chi connectivity index (χ2v) is 6.18. The lowest BCUT2D eigenvalue weighted by Crippen LogP contribution is -2.42. The van der Waals surface area contributed by atoms with Crippen LogP contribution in [-0.4, -0.2) is 41.6 Å². The number of carbonyl (C=O) groups excluding carboxylic acids is 1. The van der Waals surface area contributed by atoms with E-state index in [1.165, 1.54) is 12.8 Å². The monoisotopic (exact) mass is 303 g/mol. The van der Waals surface area contributed by atoms with E-state index >= 15 is 0 Å². The standard InChI is InChI=1S/C17H21NO4/c19-16(18-9-3-4-13(10-18)17(20)21)14-5-1-2-6-15(14)22-11-12-7-8-12/h1-2,5-6,12-13H,3-4,7-11H2,(H,20,21)/t13-/m1/s1. The highest BCUT2D eigenvalue weighted by Gasteiger charge is 2.30. The van der Waals surface area contributed by atoms with Crippen molar-refractivity contribution in [3.05, 3.63) is 29.8 Å². The normalized spacial score (nSPS) is 21.5. The molecule has 1 amide bonds. The van der Waals surface area contributed by atoms with Gasteiger partial charge in [0.15, 0.2) is 0 Å². The SMILES string of the molecule is O=C(O)[C@@H]1CCCN(C(=O)c2ccccc2OCC2CC2)C1. The van der Waals surface area contributed by atoms with Crippen molar-refractivity contribution < 1.29 is 19.4 Å². The molecular formula is C17H21NO4. The number of benzene rings is 1. The number of ether oxygens (including phenoxy) is 1. The molecule has 1 aromatic carbocycles. The predicted molar refractivity (Wildman–Crippen MR) is 80.9 cm³/mol. The van der Waals surface area contributed by atoms with Crippen molar-refractivity contribution in [3.8, 4) is 5.75 Å². The van der Waals surface area contributed by atoms with Gasteiger partial charge in [0.05, 0.1) is 18.1 Å². The van der Waals surface area contributed by atoms with Crippen molar-refractivity contribution in [2.24, 2.45) is 11.8 Å². The third kappa shape index (κ3) is 3.40. The minimum Gasteiger partial charge on any atom is -0.492 e. The van der Waals surface area contributed by atoms with Crippen LogP contribution < -0.4 is 4.74 Å². The molecule has 1 saturated carbocycles. The summed E-state index contributed by atoms with van der Waals surface area (Å²) in [5.41, 5.74) is 0.536. The zero-order valence-electron chi connectivity index (χ0n) is 12.5. The minimum atomic E-state index is -0.823. The lowest BCUT2D eigenvalue weighted by molar-refractivity contribution is -0.143. The van der Waals surface area contributed by atoms with Gasteiger partial charge in [-0.1, -0.05) is 12.1 Å². The van der Waals surface area contributed by atoms with Crippen molar-refractivity contribution in [2.45, 2.75) is 25.7 Å². The number of rotatable bonds is 5. The first-order valence-corrected chi connectivity index (χ1v) is 7.89. The van der Waals surface area contributed by atoms with Crippen LogP contribution in [0.15, 0.2) is 24.3 Å². The summed E-state index contributed by atoms with van der Waals surface area (Å²) in [6, 6.07) is 7.24. The maximum atomic E-state index is 12.7. The number of piperidine rings is 1. The summed E-state index contributed by atoms with van der Waals surface area (Å²) in [5.74, 6) is -0.184. The molecule has 2 aliphatic rings. The van der Waals surface area contributed by atoms with Crippen LogP contribution >= 0.6 is 0 Å². The van der Waals surface area contributed by atoms with Crippen molar-refractivity contribution in [1.82, 2.24) is 4.90 Å². The van der Waals surface area contributed by atoms with E-state index in [-0.39, 0.29) is 12.5 Å². The van der Waals surface area contributed by atoms with Crippen LogP contribution in [0.1, 0.15) is 36.0 Å². The summed E-state index contributed by atoms with van der Waals surface area (Å²) in [5, 5.41) is 9.15. The molecule has 1 atom stereocenters. The molecule has 0 radical (unpaired) electrons. The van der Waals surface area contributed by atoms with Gasteiger partial charge in [-0.25, -0.2) is 0 Å². The van der Waals surface area contributed by atoms with Crippen LogP contribution in [-0.2, 0) is 4.79 Å². The summed E-state index contributed by atoms with van der Waals surface area (Å²) in [4.78, 5) is 25.5. The first-order chi connectivity index (χ1) is 10.6. The molecule has 22 heavy (non-hydrogen) atoms. The zero-order chi connectivity index (χ0) is 15.5. The van der Waals surface area contributed by atoms with Crippen LogP contribution in [0, 0.1) is 11.8 Å². The third-order valence-electron chi connectivity index (χ3n) is 4.35. The Hall–Kier alpha value is -2.04. The number of carbonyl (C=O) groups is 2. The quantitative estimate of drug-likeness (QED) is 0.907. The number of para-hydroxylation sites is 1.